The van der Waals surface area contributed by atoms with Crippen LogP contribution in [0.3, 0.4) is 0 Å². The van der Waals surface area contributed by atoms with Crippen LogP contribution in [0.25, 0.3) is 0 Å². The molecule has 0 bridgehead atoms. The molecule has 0 saturated carbocycles. The Morgan fingerprint density at radius 1 is 1.47 bits per heavy atom. The highest BCUT2D eigenvalue weighted by Gasteiger charge is 2.20. The van der Waals surface area contributed by atoms with Gasteiger partial charge in [-0.15, -0.1) is 11.3 Å². The molecule has 1 aromatic heterocycles. The minimum absolute atomic E-state index is 0.251. The van der Waals surface area contributed by atoms with Crippen molar-refractivity contribution in [3.05, 3.63) is 21.9 Å². The second kappa shape index (κ2) is 8.14. The third kappa shape index (κ3) is 5.00. The average molecular weight is 273 g/mol. The van der Waals surface area contributed by atoms with Gasteiger partial charge >= 0.3 is 0 Å². The third-order valence-corrected chi connectivity index (χ3v) is 5.41. The number of hydrogen-bond acceptors (Lipinski definition) is 4. The number of thiophene rings is 1. The van der Waals surface area contributed by atoms with Gasteiger partial charge in [-0.1, -0.05) is 6.92 Å². The SMILES string of the molecule is CCC(N)C(SCCCOC)c1ccc(C)s1. The molecule has 0 aromatic carbocycles. The van der Waals surface area contributed by atoms with Crippen molar-refractivity contribution in [2.75, 3.05) is 19.5 Å². The first-order valence-electron chi connectivity index (χ1n) is 6.11. The van der Waals surface area contributed by atoms with E-state index in [1.54, 1.807) is 7.11 Å². The highest BCUT2D eigenvalue weighted by atomic mass is 32.2. The number of nitrogens with two attached hydrogens (primary N) is 1. The van der Waals surface area contributed by atoms with E-state index in [1.165, 1.54) is 9.75 Å². The van der Waals surface area contributed by atoms with Crippen LogP contribution in [0.5, 0.6) is 0 Å². The monoisotopic (exact) mass is 273 g/mol. The lowest BCUT2D eigenvalue weighted by atomic mass is 10.1. The Morgan fingerprint density at radius 2 is 2.24 bits per heavy atom. The quantitative estimate of drug-likeness (QED) is 0.735. The predicted molar refractivity (Wildman–Crippen MR) is 79.0 cm³/mol. The van der Waals surface area contributed by atoms with Gasteiger partial charge < -0.3 is 10.5 Å². The van der Waals surface area contributed by atoms with Gasteiger partial charge in [-0.2, -0.15) is 11.8 Å². The third-order valence-electron chi connectivity index (χ3n) is 2.69. The van der Waals surface area contributed by atoms with Gasteiger partial charge in [-0.05, 0) is 37.7 Å². The molecule has 1 aromatic rings. The van der Waals surface area contributed by atoms with Crippen molar-refractivity contribution in [3.8, 4) is 0 Å². The molecule has 2 nitrogen and oxygen atoms in total. The van der Waals surface area contributed by atoms with Crippen molar-refractivity contribution >= 4 is 23.1 Å². The van der Waals surface area contributed by atoms with Crippen LogP contribution >= 0.6 is 23.1 Å². The molecular formula is C13H23NOS2. The maximum absolute atomic E-state index is 6.23. The molecule has 0 aliphatic heterocycles. The molecule has 17 heavy (non-hydrogen) atoms. The topological polar surface area (TPSA) is 35.2 Å². The van der Waals surface area contributed by atoms with Gasteiger partial charge in [0.25, 0.3) is 0 Å². The van der Waals surface area contributed by atoms with Gasteiger partial charge in [0.15, 0.2) is 0 Å². The summed E-state index contributed by atoms with van der Waals surface area (Å²) in [5.74, 6) is 1.11. The Labute approximate surface area is 113 Å². The van der Waals surface area contributed by atoms with Crippen molar-refractivity contribution in [2.24, 2.45) is 5.73 Å². The summed E-state index contributed by atoms with van der Waals surface area (Å²) in [6.07, 6.45) is 2.12. The molecule has 98 valence electrons. The molecule has 2 N–H and O–H groups in total. The van der Waals surface area contributed by atoms with Crippen LogP contribution in [0.4, 0.5) is 0 Å². The molecule has 0 aliphatic rings. The van der Waals surface area contributed by atoms with E-state index in [4.69, 9.17) is 10.5 Å². The summed E-state index contributed by atoms with van der Waals surface area (Å²) >= 11 is 3.84. The zero-order valence-corrected chi connectivity index (χ0v) is 12.6. The van der Waals surface area contributed by atoms with Crippen LogP contribution in [0.15, 0.2) is 12.1 Å². The number of aryl methyl sites for hydroxylation is 1. The van der Waals surface area contributed by atoms with E-state index in [0.29, 0.717) is 5.25 Å². The van der Waals surface area contributed by atoms with Crippen molar-refractivity contribution < 1.29 is 4.74 Å². The molecule has 2 unspecified atom stereocenters. The molecule has 0 aliphatic carbocycles. The minimum Gasteiger partial charge on any atom is -0.385 e. The summed E-state index contributed by atoms with van der Waals surface area (Å²) in [6.45, 7) is 5.15. The van der Waals surface area contributed by atoms with E-state index in [2.05, 4.69) is 26.0 Å². The maximum atomic E-state index is 6.23. The lowest BCUT2D eigenvalue weighted by Gasteiger charge is -2.21. The normalized spacial score (nSPS) is 14.8. The number of hydrogen-bond donors (Lipinski definition) is 1. The second-order valence-corrected chi connectivity index (χ2v) is 6.73. The first-order chi connectivity index (χ1) is 8.19. The first-order valence-corrected chi connectivity index (χ1v) is 7.98. The highest BCUT2D eigenvalue weighted by molar-refractivity contribution is 7.99. The number of rotatable bonds is 8. The summed E-state index contributed by atoms with van der Waals surface area (Å²) in [7, 11) is 1.75. The summed E-state index contributed by atoms with van der Waals surface area (Å²) in [4.78, 5) is 2.78. The molecular weight excluding hydrogens is 250 g/mol. The molecule has 1 heterocycles. The van der Waals surface area contributed by atoms with Crippen molar-refractivity contribution in [2.45, 2.75) is 38.0 Å². The van der Waals surface area contributed by atoms with Gasteiger partial charge in [0.2, 0.25) is 0 Å². The van der Waals surface area contributed by atoms with Crippen molar-refractivity contribution in [1.82, 2.24) is 0 Å². The van der Waals surface area contributed by atoms with Crippen LogP contribution in [-0.4, -0.2) is 25.5 Å². The smallest absolute Gasteiger partial charge is 0.0542 e. The molecule has 0 radical (unpaired) electrons. The fraction of sp³-hybridized carbons (Fsp3) is 0.692. The zero-order valence-electron chi connectivity index (χ0n) is 10.9. The van der Waals surface area contributed by atoms with Gasteiger partial charge in [0.05, 0.1) is 5.25 Å². The van der Waals surface area contributed by atoms with E-state index >= 15 is 0 Å². The predicted octanol–water partition coefficient (Wildman–Crippen LogP) is 3.60. The van der Waals surface area contributed by atoms with Gasteiger partial charge in [0, 0.05) is 29.5 Å². The summed E-state index contributed by atoms with van der Waals surface area (Å²) in [5.41, 5.74) is 6.23. The highest BCUT2D eigenvalue weighted by Crippen LogP contribution is 2.36. The molecule has 4 heteroatoms. The molecule has 2 atom stereocenters. The average Bonchev–Trinajstić information content (AvgIpc) is 2.75. The standard InChI is InChI=1S/C13H23NOS2/c1-4-11(14)13(16-9-5-8-15-3)12-7-6-10(2)17-12/h6-7,11,13H,4-5,8-9,14H2,1-3H3. The van der Waals surface area contributed by atoms with E-state index in [1.807, 2.05) is 23.1 Å². The van der Waals surface area contributed by atoms with Gasteiger partial charge in [-0.25, -0.2) is 0 Å². The van der Waals surface area contributed by atoms with Gasteiger partial charge in [0.1, 0.15) is 0 Å². The Morgan fingerprint density at radius 3 is 2.76 bits per heavy atom. The number of ether oxygens (including phenoxy) is 1. The molecule has 0 amide bonds. The van der Waals surface area contributed by atoms with Crippen LogP contribution < -0.4 is 5.73 Å². The van der Waals surface area contributed by atoms with E-state index in [0.717, 1.165) is 25.2 Å². The molecule has 0 fully saturated rings. The van der Waals surface area contributed by atoms with Crippen LogP contribution in [-0.2, 0) is 4.74 Å². The second-order valence-electron chi connectivity index (χ2n) is 4.16. The Balaban J connectivity index is 2.55. The largest absolute Gasteiger partial charge is 0.385 e. The fourth-order valence-electron chi connectivity index (χ4n) is 1.65. The summed E-state index contributed by atoms with van der Waals surface area (Å²) in [5, 5.41) is 0.440. The van der Waals surface area contributed by atoms with Crippen molar-refractivity contribution in [3.63, 3.8) is 0 Å². The molecule has 0 spiro atoms. The first kappa shape index (κ1) is 15.0. The summed E-state index contributed by atoms with van der Waals surface area (Å²) < 4.78 is 5.08. The molecule has 0 saturated heterocycles. The molecule has 1 rings (SSSR count). The van der Waals surface area contributed by atoms with Crippen LogP contribution in [0.2, 0.25) is 0 Å². The Bertz CT molecular complexity index is 314. The van der Waals surface area contributed by atoms with E-state index < -0.39 is 0 Å². The van der Waals surface area contributed by atoms with E-state index in [9.17, 15) is 0 Å². The van der Waals surface area contributed by atoms with Crippen molar-refractivity contribution in [1.29, 1.82) is 0 Å². The fourth-order valence-corrected chi connectivity index (χ4v) is 4.15. The van der Waals surface area contributed by atoms with Crippen LogP contribution in [0.1, 0.15) is 34.8 Å². The van der Waals surface area contributed by atoms with E-state index in [-0.39, 0.29) is 6.04 Å². The Hall–Kier alpha value is -0.0300. The van der Waals surface area contributed by atoms with Gasteiger partial charge in [-0.3, -0.25) is 0 Å². The maximum Gasteiger partial charge on any atom is 0.0542 e. The zero-order chi connectivity index (χ0) is 12.7. The van der Waals surface area contributed by atoms with Crippen LogP contribution in [0, 0.1) is 6.92 Å². The Kier molecular flexibility index (Phi) is 7.19. The lowest BCUT2D eigenvalue weighted by Crippen LogP contribution is -2.25. The lowest BCUT2D eigenvalue weighted by molar-refractivity contribution is 0.200. The number of thioether (sulfide) groups is 1. The minimum atomic E-state index is 0.251. The number of methoxy groups -OCH3 is 1. The summed E-state index contributed by atoms with van der Waals surface area (Å²) in [6, 6.07) is 4.66.